The van der Waals surface area contributed by atoms with E-state index in [1.54, 1.807) is 25.4 Å². The number of aromatic nitrogens is 3. The van der Waals surface area contributed by atoms with Crippen LogP contribution in [0.25, 0.3) is 11.3 Å². The van der Waals surface area contributed by atoms with Crippen molar-refractivity contribution in [2.45, 2.75) is 69.9 Å². The van der Waals surface area contributed by atoms with E-state index in [-0.39, 0.29) is 23.2 Å². The Kier molecular flexibility index (Phi) is 9.65. The van der Waals surface area contributed by atoms with Gasteiger partial charge in [-0.05, 0) is 104 Å². The highest BCUT2D eigenvalue weighted by Gasteiger charge is 2.44. The molecule has 5 aliphatic rings. The van der Waals surface area contributed by atoms with Gasteiger partial charge in [0, 0.05) is 73.7 Å². The molecular weight excluding hydrogens is 748 g/mol. The normalized spacial score (nSPS) is 29.0. The Morgan fingerprint density at radius 1 is 1.14 bits per heavy atom. The van der Waals surface area contributed by atoms with Crippen LogP contribution in [0, 0.1) is 17.8 Å². The van der Waals surface area contributed by atoms with Gasteiger partial charge in [0.1, 0.15) is 15.7 Å². The lowest BCUT2D eigenvalue weighted by atomic mass is 9.68. The lowest BCUT2D eigenvalue weighted by Gasteiger charge is -2.46. The fraction of sp³-hybridized carbons (Fsp3) is 0.465. The standard InChI is InChI=1S/C43H49ClN6O5S/c1-27-6-4-8-39(54-3)33-12-9-30(33)22-50-25-43(16-5-7-28-18-32(44)11-13-35(28)43)26-55-40-14-10-29(19-38(40)50)41(51)46-56(53,24-27)47-42(52)31-20-37-34-21-45-48(2)36(34)15-17-49(37)23-31/h4,8,10-11,13-14,18-21,23,27,30,33,39H,5-7,9,12,15-17,22,24-26H2,1-3H3,(H,46,47,51,52,53)/b8-4+/t27-,30-,33+,39-,43-,56?/m0/s1. The van der Waals surface area contributed by atoms with Crippen LogP contribution >= 0.6 is 11.6 Å². The van der Waals surface area contributed by atoms with Gasteiger partial charge in [-0.1, -0.05) is 36.7 Å². The van der Waals surface area contributed by atoms with E-state index in [4.69, 9.17) is 21.1 Å². The molecule has 0 radical (unpaired) electrons. The van der Waals surface area contributed by atoms with Gasteiger partial charge in [-0.2, -0.15) is 5.10 Å². The summed E-state index contributed by atoms with van der Waals surface area (Å²) in [5, 5.41) is 5.15. The number of fused-ring (bicyclic) bond motifs is 7. The van der Waals surface area contributed by atoms with Crippen molar-refractivity contribution in [2.75, 3.05) is 37.5 Å². The summed E-state index contributed by atoms with van der Waals surface area (Å²) in [5.41, 5.74) is 6.71. The fourth-order valence-electron chi connectivity index (χ4n) is 9.82. The number of nitrogens with one attached hydrogen (secondary N) is 1. The smallest absolute Gasteiger partial charge is 0.286 e. The lowest BCUT2D eigenvalue weighted by Crippen LogP contribution is -2.49. The molecule has 13 heteroatoms. The molecule has 2 bridgehead atoms. The number of anilines is 1. The molecule has 1 fully saturated rings. The summed E-state index contributed by atoms with van der Waals surface area (Å²) in [6, 6.07) is 13.4. The Morgan fingerprint density at radius 2 is 2.02 bits per heavy atom. The maximum absolute atomic E-state index is 14.9. The molecule has 2 aromatic carbocycles. The highest BCUT2D eigenvalue weighted by molar-refractivity contribution is 7.92. The second-order valence-corrected chi connectivity index (χ2v) is 19.0. The number of aryl methyl sites for hydroxylation is 3. The van der Waals surface area contributed by atoms with E-state index >= 15 is 0 Å². The fourth-order valence-corrected chi connectivity index (χ4v) is 11.9. The first-order valence-electron chi connectivity index (χ1n) is 19.8. The molecule has 3 aliphatic heterocycles. The number of amides is 2. The topological polar surface area (TPSA) is 120 Å². The molecular formula is C43H49ClN6O5S. The number of allylic oxidation sites excluding steroid dienone is 1. The maximum Gasteiger partial charge on any atom is 0.286 e. The first-order valence-corrected chi connectivity index (χ1v) is 21.9. The van der Waals surface area contributed by atoms with Crippen LogP contribution in [0.15, 0.2) is 71.4 Å². The van der Waals surface area contributed by atoms with Crippen LogP contribution < -0.4 is 14.4 Å². The predicted octanol–water partition coefficient (Wildman–Crippen LogP) is 7.16. The summed E-state index contributed by atoms with van der Waals surface area (Å²) in [7, 11) is 0.118. The Hall–Kier alpha value is -4.39. The number of halogens is 1. The summed E-state index contributed by atoms with van der Waals surface area (Å²) >= 11 is 6.48. The number of nitrogens with zero attached hydrogens (tertiary/aromatic N) is 5. The van der Waals surface area contributed by atoms with Crippen LogP contribution in [-0.4, -0.2) is 69.0 Å². The Balaban J connectivity index is 1.09. The highest BCUT2D eigenvalue weighted by Crippen LogP contribution is 2.47. The molecule has 2 aliphatic carbocycles. The van der Waals surface area contributed by atoms with Crippen molar-refractivity contribution in [3.05, 3.63) is 100.0 Å². The predicted molar refractivity (Wildman–Crippen MR) is 218 cm³/mol. The van der Waals surface area contributed by atoms with E-state index in [9.17, 15) is 13.8 Å². The molecule has 6 atom stereocenters. The molecule has 2 aromatic heterocycles. The van der Waals surface area contributed by atoms with Crippen molar-refractivity contribution in [3.63, 3.8) is 0 Å². The lowest BCUT2D eigenvalue weighted by molar-refractivity contribution is 0.0131. The summed E-state index contributed by atoms with van der Waals surface area (Å²) < 4.78 is 38.6. The van der Waals surface area contributed by atoms with E-state index in [0.717, 1.165) is 72.7 Å². The van der Waals surface area contributed by atoms with Crippen LogP contribution in [0.1, 0.15) is 76.6 Å². The average molecular weight is 797 g/mol. The number of rotatable bonds is 3. The molecule has 0 saturated heterocycles. The van der Waals surface area contributed by atoms with Crippen LogP contribution in [-0.2, 0) is 46.5 Å². The summed E-state index contributed by atoms with van der Waals surface area (Å²) in [6.07, 6.45) is 14.3. The first kappa shape index (κ1) is 37.2. The maximum atomic E-state index is 14.9. The van der Waals surface area contributed by atoms with Gasteiger partial charge in [-0.25, -0.2) is 4.21 Å². The van der Waals surface area contributed by atoms with E-state index in [0.29, 0.717) is 54.8 Å². The number of benzene rings is 2. The Morgan fingerprint density at radius 3 is 2.84 bits per heavy atom. The van der Waals surface area contributed by atoms with E-state index in [1.807, 2.05) is 47.6 Å². The van der Waals surface area contributed by atoms with Gasteiger partial charge >= 0.3 is 0 Å². The number of ether oxygens (including phenoxy) is 2. The minimum atomic E-state index is -3.57. The largest absolute Gasteiger partial charge is 0.490 e. The van der Waals surface area contributed by atoms with Crippen molar-refractivity contribution in [1.29, 1.82) is 0 Å². The first-order chi connectivity index (χ1) is 27.0. The van der Waals surface area contributed by atoms with E-state index in [2.05, 4.69) is 43.4 Å². The molecule has 5 heterocycles. The quantitative estimate of drug-likeness (QED) is 0.219. The number of hydrogen-bond donors (Lipinski definition) is 1. The second-order valence-electron chi connectivity index (χ2n) is 16.6. The van der Waals surface area contributed by atoms with Crippen molar-refractivity contribution in [2.24, 2.45) is 29.2 Å². The number of carbonyl (C=O) groups is 2. The van der Waals surface area contributed by atoms with Crippen molar-refractivity contribution >= 4 is 39.0 Å². The van der Waals surface area contributed by atoms with Crippen LogP contribution in [0.2, 0.25) is 5.02 Å². The second kappa shape index (κ2) is 14.5. The third kappa shape index (κ3) is 6.77. The minimum Gasteiger partial charge on any atom is -0.490 e. The van der Waals surface area contributed by atoms with Crippen LogP contribution in [0.3, 0.4) is 0 Å². The van der Waals surface area contributed by atoms with Gasteiger partial charge in [0.15, 0.2) is 0 Å². The number of hydrogen-bond acceptors (Lipinski definition) is 7. The zero-order valence-electron chi connectivity index (χ0n) is 32.2. The molecule has 56 heavy (non-hydrogen) atoms. The third-order valence-electron chi connectivity index (χ3n) is 12.9. The third-order valence-corrected chi connectivity index (χ3v) is 15.1. The number of methoxy groups -OCH3 is 1. The zero-order valence-corrected chi connectivity index (χ0v) is 33.8. The molecule has 9 rings (SSSR count). The van der Waals surface area contributed by atoms with Crippen LogP contribution in [0.5, 0.6) is 5.75 Å². The van der Waals surface area contributed by atoms with Crippen LogP contribution in [0.4, 0.5) is 5.69 Å². The molecule has 1 N–H and O–H groups in total. The summed E-state index contributed by atoms with van der Waals surface area (Å²) in [4.78, 5) is 30.5. The summed E-state index contributed by atoms with van der Waals surface area (Å²) in [6.45, 7) is 4.66. The van der Waals surface area contributed by atoms with E-state index in [1.165, 1.54) is 11.1 Å². The Bertz CT molecular complexity index is 2380. The summed E-state index contributed by atoms with van der Waals surface area (Å²) in [5.74, 6) is 0.101. The van der Waals surface area contributed by atoms with E-state index < -0.39 is 21.7 Å². The van der Waals surface area contributed by atoms with Crippen molar-refractivity contribution in [1.82, 2.24) is 19.1 Å². The highest BCUT2D eigenvalue weighted by atomic mass is 35.5. The number of carbonyl (C=O) groups excluding carboxylic acids is 2. The van der Waals surface area contributed by atoms with Crippen molar-refractivity contribution < 1.29 is 23.3 Å². The molecule has 1 unspecified atom stereocenters. The molecule has 1 saturated carbocycles. The zero-order chi connectivity index (χ0) is 38.8. The SMILES string of the molecule is CO[C@H]1/C=C/C[C@H](C)CS(=O)(NC(=O)c2cc3n(c2)CCc2c-3cnn2C)=NC(=O)c2ccc3c(c2)N(C[C@@H]2CC[C@H]21)C[C@@]1(CCCc2cc(Cl)ccc21)CO3. The minimum absolute atomic E-state index is 0.00492. The molecule has 11 nitrogen and oxygen atoms in total. The molecule has 294 valence electrons. The Labute approximate surface area is 333 Å². The van der Waals surface area contributed by atoms with Gasteiger partial charge in [-0.3, -0.25) is 19.0 Å². The van der Waals surface area contributed by atoms with Gasteiger partial charge in [0.25, 0.3) is 11.8 Å². The molecule has 1 spiro atoms. The van der Waals surface area contributed by atoms with Gasteiger partial charge < -0.3 is 18.9 Å². The molecule has 2 amide bonds. The molecule has 4 aromatic rings. The van der Waals surface area contributed by atoms with Gasteiger partial charge in [-0.15, -0.1) is 4.36 Å². The van der Waals surface area contributed by atoms with Gasteiger partial charge in [0.05, 0.1) is 41.6 Å². The average Bonchev–Trinajstić information content (AvgIpc) is 3.73. The monoisotopic (exact) mass is 796 g/mol. The van der Waals surface area contributed by atoms with Crippen molar-refractivity contribution in [3.8, 4) is 17.0 Å². The van der Waals surface area contributed by atoms with Gasteiger partial charge in [0.2, 0.25) is 0 Å².